The van der Waals surface area contributed by atoms with Crippen molar-refractivity contribution in [3.8, 4) is 0 Å². The summed E-state index contributed by atoms with van der Waals surface area (Å²) in [7, 11) is 3.35. The fourth-order valence-corrected chi connectivity index (χ4v) is 4.57. The third kappa shape index (κ3) is 4.05. The molecular weight excluding hydrogens is 380 g/mol. The lowest BCUT2D eigenvalue weighted by Gasteiger charge is -2.38. The average Bonchev–Trinajstić information content (AvgIpc) is 3.27. The van der Waals surface area contributed by atoms with Crippen molar-refractivity contribution in [3.05, 3.63) is 48.1 Å². The number of anilines is 1. The minimum Gasteiger partial charge on any atom is -0.370 e. The lowest BCUT2D eigenvalue weighted by molar-refractivity contribution is 0.0958. The summed E-state index contributed by atoms with van der Waals surface area (Å²) in [6.45, 7) is 7.98. The highest BCUT2D eigenvalue weighted by Gasteiger charge is 2.34. The fraction of sp³-hybridized carbons (Fsp3) is 0.500. The van der Waals surface area contributed by atoms with Gasteiger partial charge >= 0.3 is 6.03 Å². The number of hydrogen-bond donors (Lipinski definition) is 2. The third-order valence-corrected chi connectivity index (χ3v) is 6.52. The summed E-state index contributed by atoms with van der Waals surface area (Å²) >= 11 is 0. The largest absolute Gasteiger partial charge is 0.370 e. The first-order valence-corrected chi connectivity index (χ1v) is 10.6. The molecule has 1 aromatic rings. The highest BCUT2D eigenvalue weighted by atomic mass is 16.2. The maximum absolute atomic E-state index is 12.1. The fourth-order valence-electron chi connectivity index (χ4n) is 4.57. The number of aromatic nitrogens is 1. The Labute approximate surface area is 177 Å². The van der Waals surface area contributed by atoms with Crippen LogP contribution in [0.4, 0.5) is 10.5 Å². The summed E-state index contributed by atoms with van der Waals surface area (Å²) in [4.78, 5) is 34.5. The molecule has 0 saturated carbocycles. The van der Waals surface area contributed by atoms with Crippen molar-refractivity contribution in [2.75, 3.05) is 45.2 Å². The van der Waals surface area contributed by atoms with Gasteiger partial charge in [-0.25, -0.2) is 9.78 Å². The predicted octanol–water partition coefficient (Wildman–Crippen LogP) is 1.78. The Morgan fingerprint density at radius 1 is 1.23 bits per heavy atom. The number of likely N-dealkylation sites (N-methyl/N-ethyl adjacent to an activating group) is 1. The Morgan fingerprint density at radius 3 is 2.63 bits per heavy atom. The zero-order valence-electron chi connectivity index (χ0n) is 17.7. The number of nitrogens with zero attached hydrogens (tertiary/aromatic N) is 4. The van der Waals surface area contributed by atoms with Crippen LogP contribution in [0.3, 0.4) is 0 Å². The molecule has 1 atom stereocenters. The first-order chi connectivity index (χ1) is 14.5. The van der Waals surface area contributed by atoms with Crippen molar-refractivity contribution in [1.82, 2.24) is 25.4 Å². The van der Waals surface area contributed by atoms with Crippen LogP contribution in [0.2, 0.25) is 0 Å². The number of amides is 3. The summed E-state index contributed by atoms with van der Waals surface area (Å²) in [6.07, 6.45) is 7.07. The zero-order chi connectivity index (χ0) is 21.3. The van der Waals surface area contributed by atoms with Crippen LogP contribution in [0.1, 0.15) is 29.8 Å². The monoisotopic (exact) mass is 410 g/mol. The van der Waals surface area contributed by atoms with E-state index in [0.717, 1.165) is 62.5 Å². The van der Waals surface area contributed by atoms with Crippen LogP contribution in [0, 0.1) is 5.92 Å². The van der Waals surface area contributed by atoms with E-state index in [1.807, 2.05) is 12.1 Å². The van der Waals surface area contributed by atoms with Crippen LogP contribution in [-0.2, 0) is 0 Å². The van der Waals surface area contributed by atoms with Gasteiger partial charge in [-0.3, -0.25) is 14.6 Å². The van der Waals surface area contributed by atoms with Gasteiger partial charge in [0.15, 0.2) is 0 Å². The molecule has 1 unspecified atom stereocenters. The lowest BCUT2D eigenvalue weighted by atomic mass is 10.0. The lowest BCUT2D eigenvalue weighted by Crippen LogP contribution is -2.45. The highest BCUT2D eigenvalue weighted by Crippen LogP contribution is 2.30. The number of carbonyl (C=O) groups is 2. The van der Waals surface area contributed by atoms with Gasteiger partial charge in [-0.05, 0) is 44.0 Å². The normalized spacial score (nSPS) is 23.4. The number of pyridine rings is 1. The van der Waals surface area contributed by atoms with Crippen molar-refractivity contribution in [3.63, 3.8) is 0 Å². The number of likely N-dealkylation sites (tertiary alicyclic amines) is 1. The van der Waals surface area contributed by atoms with Crippen LogP contribution in [0.5, 0.6) is 0 Å². The van der Waals surface area contributed by atoms with Gasteiger partial charge in [-0.2, -0.15) is 0 Å². The number of carbonyl (C=O) groups excluding carboxylic acids is 2. The Hall–Kier alpha value is -2.87. The van der Waals surface area contributed by atoms with Gasteiger partial charge in [0.05, 0.1) is 11.9 Å². The number of allylic oxidation sites excluding steroid dienone is 1. The summed E-state index contributed by atoms with van der Waals surface area (Å²) < 4.78 is 0. The van der Waals surface area contributed by atoms with E-state index >= 15 is 0 Å². The molecule has 0 radical (unpaired) electrons. The van der Waals surface area contributed by atoms with Gasteiger partial charge in [0.2, 0.25) is 0 Å². The van der Waals surface area contributed by atoms with Crippen LogP contribution in [0.25, 0.3) is 0 Å². The van der Waals surface area contributed by atoms with Crippen LogP contribution >= 0.6 is 0 Å². The summed E-state index contributed by atoms with van der Waals surface area (Å²) in [5.41, 5.74) is 3.26. The Morgan fingerprint density at radius 2 is 2.00 bits per heavy atom. The molecule has 2 N–H and O–H groups in total. The average molecular weight is 411 g/mol. The first kappa shape index (κ1) is 20.4. The van der Waals surface area contributed by atoms with E-state index in [0.29, 0.717) is 17.7 Å². The van der Waals surface area contributed by atoms with E-state index in [2.05, 4.69) is 32.0 Å². The molecule has 8 heteroatoms. The molecule has 0 aliphatic carbocycles. The molecule has 30 heavy (non-hydrogen) atoms. The van der Waals surface area contributed by atoms with Gasteiger partial charge in [-0.1, -0.05) is 6.58 Å². The zero-order valence-corrected chi connectivity index (χ0v) is 17.7. The number of rotatable bonds is 4. The van der Waals surface area contributed by atoms with Gasteiger partial charge in [-0.15, -0.1) is 0 Å². The van der Waals surface area contributed by atoms with E-state index in [1.165, 1.54) is 0 Å². The number of piperidine rings is 1. The second kappa shape index (κ2) is 8.47. The van der Waals surface area contributed by atoms with E-state index < -0.39 is 0 Å². The maximum atomic E-state index is 12.1. The van der Waals surface area contributed by atoms with Crippen LogP contribution in [-0.4, -0.2) is 73.0 Å². The molecule has 0 spiro atoms. The Kier molecular flexibility index (Phi) is 5.76. The van der Waals surface area contributed by atoms with Crippen molar-refractivity contribution in [1.29, 1.82) is 0 Å². The van der Waals surface area contributed by atoms with Crippen LogP contribution < -0.4 is 15.5 Å². The molecule has 2 fully saturated rings. The topological polar surface area (TPSA) is 80.8 Å². The Bertz CT molecular complexity index is 857. The molecule has 4 rings (SSSR count). The SMILES string of the molecule is C=C1C=C(C2CCN(C3CCN(c4ccc(C(=O)NC)nc4)CC3)C2)NC(=O)N1C. The second-order valence-corrected chi connectivity index (χ2v) is 8.26. The molecule has 0 bridgehead atoms. The number of nitrogens with one attached hydrogen (secondary N) is 2. The molecule has 0 aromatic carbocycles. The van der Waals surface area contributed by atoms with Gasteiger partial charge in [0.1, 0.15) is 5.69 Å². The Balaban J connectivity index is 1.31. The van der Waals surface area contributed by atoms with E-state index in [4.69, 9.17) is 0 Å². The molecule has 8 nitrogen and oxygen atoms in total. The molecular formula is C22H30N6O2. The van der Waals surface area contributed by atoms with Gasteiger partial charge in [0, 0.05) is 57.1 Å². The number of urea groups is 1. The molecule has 2 saturated heterocycles. The molecule has 3 aliphatic heterocycles. The quantitative estimate of drug-likeness (QED) is 0.791. The van der Waals surface area contributed by atoms with E-state index in [9.17, 15) is 9.59 Å². The standard InChI is InChI=1S/C22H30N6O2/c1-15-12-20(25-22(30)26(15)3)16-6-9-28(14-16)17-7-10-27(11-8-17)18-4-5-19(24-13-18)21(29)23-2/h4-5,12-13,16-17H,1,6-11,14H2,2-3H3,(H,23,29)(H,25,30). The molecule has 160 valence electrons. The first-order valence-electron chi connectivity index (χ1n) is 10.6. The van der Waals surface area contributed by atoms with Gasteiger partial charge in [0.25, 0.3) is 5.91 Å². The number of hydrogen-bond acceptors (Lipinski definition) is 5. The minimum atomic E-state index is -0.164. The molecule has 4 heterocycles. The van der Waals surface area contributed by atoms with Crippen molar-refractivity contribution >= 4 is 17.6 Å². The predicted molar refractivity (Wildman–Crippen MR) is 116 cm³/mol. The smallest absolute Gasteiger partial charge is 0.325 e. The summed E-state index contributed by atoms with van der Waals surface area (Å²) in [6, 6.07) is 4.23. The third-order valence-electron chi connectivity index (χ3n) is 6.52. The van der Waals surface area contributed by atoms with E-state index in [-0.39, 0.29) is 11.9 Å². The van der Waals surface area contributed by atoms with E-state index in [1.54, 1.807) is 31.3 Å². The molecule has 3 aliphatic rings. The van der Waals surface area contributed by atoms with Crippen LogP contribution in [0.15, 0.2) is 42.4 Å². The minimum absolute atomic E-state index is 0.0969. The summed E-state index contributed by atoms with van der Waals surface area (Å²) in [5, 5.41) is 5.62. The second-order valence-electron chi connectivity index (χ2n) is 8.26. The summed E-state index contributed by atoms with van der Waals surface area (Å²) in [5.74, 6) is 0.197. The highest BCUT2D eigenvalue weighted by molar-refractivity contribution is 5.92. The molecule has 1 aromatic heterocycles. The van der Waals surface area contributed by atoms with Gasteiger partial charge < -0.3 is 15.5 Å². The van der Waals surface area contributed by atoms with Crippen molar-refractivity contribution < 1.29 is 9.59 Å². The maximum Gasteiger partial charge on any atom is 0.325 e. The molecule has 3 amide bonds. The van der Waals surface area contributed by atoms with Crippen molar-refractivity contribution in [2.45, 2.75) is 25.3 Å². The van der Waals surface area contributed by atoms with Crippen molar-refractivity contribution in [2.24, 2.45) is 5.92 Å².